The molecule has 2 aromatic rings. The lowest BCUT2D eigenvalue weighted by atomic mass is 10.1. The quantitative estimate of drug-likeness (QED) is 0.872. The van der Waals surface area contributed by atoms with Crippen molar-refractivity contribution in [2.45, 2.75) is 26.3 Å². The molecular formula is C12H16N4S. The van der Waals surface area contributed by atoms with Gasteiger partial charge in [-0.25, -0.2) is 9.97 Å². The molecule has 2 heterocycles. The molecule has 0 bridgehead atoms. The number of nitrogens with zero attached hydrogens (tertiary/aromatic N) is 2. The summed E-state index contributed by atoms with van der Waals surface area (Å²) in [5.41, 5.74) is 7.99. The summed E-state index contributed by atoms with van der Waals surface area (Å²) in [6.07, 6.45) is 2.47. The maximum Gasteiger partial charge on any atom is 0.134 e. The molecule has 0 radical (unpaired) electrons. The van der Waals surface area contributed by atoms with Crippen LogP contribution in [-0.2, 0) is 6.42 Å². The molecule has 1 unspecified atom stereocenters. The number of nitrogen functional groups attached to an aromatic ring is 1. The summed E-state index contributed by atoms with van der Waals surface area (Å²) in [5.74, 6) is 1.35. The Morgan fingerprint density at radius 1 is 1.47 bits per heavy atom. The van der Waals surface area contributed by atoms with Crippen molar-refractivity contribution in [1.82, 2.24) is 9.97 Å². The van der Waals surface area contributed by atoms with E-state index in [9.17, 15) is 0 Å². The van der Waals surface area contributed by atoms with Crippen LogP contribution in [0.25, 0.3) is 0 Å². The molecule has 17 heavy (non-hydrogen) atoms. The van der Waals surface area contributed by atoms with Gasteiger partial charge >= 0.3 is 0 Å². The summed E-state index contributed by atoms with van der Waals surface area (Å²) in [6.45, 7) is 4.06. The normalized spacial score (nSPS) is 12.4. The molecule has 3 N–H and O–H groups in total. The zero-order chi connectivity index (χ0) is 12.3. The monoisotopic (exact) mass is 248 g/mol. The first-order chi connectivity index (χ1) is 8.16. The maximum atomic E-state index is 5.74. The average molecular weight is 248 g/mol. The van der Waals surface area contributed by atoms with E-state index >= 15 is 0 Å². The maximum absolute atomic E-state index is 5.74. The van der Waals surface area contributed by atoms with Crippen molar-refractivity contribution in [1.29, 1.82) is 0 Å². The number of nitrogens with two attached hydrogens (primary N) is 1. The van der Waals surface area contributed by atoms with E-state index in [1.165, 1.54) is 11.9 Å². The third-order valence-electron chi connectivity index (χ3n) is 2.63. The van der Waals surface area contributed by atoms with Crippen molar-refractivity contribution in [3.63, 3.8) is 0 Å². The molecule has 0 fully saturated rings. The summed E-state index contributed by atoms with van der Waals surface area (Å²) in [4.78, 5) is 8.16. The molecule has 0 saturated carbocycles. The van der Waals surface area contributed by atoms with Gasteiger partial charge in [0.25, 0.3) is 0 Å². The Labute approximate surface area is 105 Å². The first-order valence-corrected chi connectivity index (χ1v) is 6.46. The summed E-state index contributed by atoms with van der Waals surface area (Å²) >= 11 is 1.72. The van der Waals surface area contributed by atoms with Gasteiger partial charge in [-0.15, -0.1) is 0 Å². The van der Waals surface area contributed by atoms with Crippen LogP contribution in [0.2, 0.25) is 0 Å². The van der Waals surface area contributed by atoms with E-state index in [4.69, 9.17) is 5.73 Å². The Morgan fingerprint density at radius 3 is 3.00 bits per heavy atom. The highest BCUT2D eigenvalue weighted by molar-refractivity contribution is 7.07. The van der Waals surface area contributed by atoms with E-state index in [2.05, 4.69) is 39.0 Å². The second kappa shape index (κ2) is 5.14. The van der Waals surface area contributed by atoms with Crippen molar-refractivity contribution < 1.29 is 0 Å². The molecule has 0 aliphatic rings. The van der Waals surface area contributed by atoms with Gasteiger partial charge in [-0.2, -0.15) is 11.3 Å². The molecule has 0 aliphatic heterocycles. The van der Waals surface area contributed by atoms with E-state index in [-0.39, 0.29) is 0 Å². The van der Waals surface area contributed by atoms with Crippen LogP contribution in [0.1, 0.15) is 18.1 Å². The fourth-order valence-electron chi connectivity index (χ4n) is 1.66. The van der Waals surface area contributed by atoms with Crippen LogP contribution in [0.15, 0.2) is 23.2 Å². The number of hydrogen-bond donors (Lipinski definition) is 2. The van der Waals surface area contributed by atoms with Crippen molar-refractivity contribution in [2.24, 2.45) is 0 Å². The van der Waals surface area contributed by atoms with Crippen LogP contribution in [0.4, 0.5) is 11.6 Å². The molecule has 2 rings (SSSR count). The molecule has 0 aliphatic carbocycles. The van der Waals surface area contributed by atoms with Crippen molar-refractivity contribution >= 4 is 23.0 Å². The number of aromatic nitrogens is 2. The standard InChI is InChI=1S/C12H16N4S/c1-8(5-10-3-4-17-6-10)16-12-9(2)11(13)14-7-15-12/h3-4,6-8H,5H2,1-2H3,(H3,13,14,15,16). The van der Waals surface area contributed by atoms with Crippen LogP contribution >= 0.6 is 11.3 Å². The highest BCUT2D eigenvalue weighted by atomic mass is 32.1. The van der Waals surface area contributed by atoms with Crippen LogP contribution in [0.5, 0.6) is 0 Å². The first kappa shape index (κ1) is 11.9. The summed E-state index contributed by atoms with van der Waals surface area (Å²) in [5, 5.41) is 7.62. The second-order valence-electron chi connectivity index (χ2n) is 4.11. The Hall–Kier alpha value is -1.62. The average Bonchev–Trinajstić information content (AvgIpc) is 2.77. The minimum absolute atomic E-state index is 0.317. The molecular weight excluding hydrogens is 232 g/mol. The lowest BCUT2D eigenvalue weighted by molar-refractivity contribution is 0.784. The molecule has 1 atom stereocenters. The molecule has 2 aromatic heterocycles. The van der Waals surface area contributed by atoms with Gasteiger partial charge in [0.1, 0.15) is 18.0 Å². The van der Waals surface area contributed by atoms with E-state index in [0.717, 1.165) is 17.8 Å². The largest absolute Gasteiger partial charge is 0.383 e. The first-order valence-electron chi connectivity index (χ1n) is 5.51. The lowest BCUT2D eigenvalue weighted by Crippen LogP contribution is -2.19. The summed E-state index contributed by atoms with van der Waals surface area (Å²) in [6, 6.07) is 2.46. The van der Waals surface area contributed by atoms with E-state index in [1.807, 2.05) is 6.92 Å². The number of anilines is 2. The van der Waals surface area contributed by atoms with Crippen LogP contribution in [0, 0.1) is 6.92 Å². The Balaban J connectivity index is 2.03. The van der Waals surface area contributed by atoms with Crippen molar-refractivity contribution in [3.05, 3.63) is 34.3 Å². The van der Waals surface area contributed by atoms with Crippen LogP contribution < -0.4 is 11.1 Å². The van der Waals surface area contributed by atoms with Crippen LogP contribution in [0.3, 0.4) is 0 Å². The smallest absolute Gasteiger partial charge is 0.134 e. The van der Waals surface area contributed by atoms with Crippen LogP contribution in [-0.4, -0.2) is 16.0 Å². The fourth-order valence-corrected chi connectivity index (χ4v) is 2.34. The summed E-state index contributed by atoms with van der Waals surface area (Å²) < 4.78 is 0. The van der Waals surface area contributed by atoms with E-state index in [0.29, 0.717) is 11.9 Å². The number of nitrogens with one attached hydrogen (secondary N) is 1. The van der Waals surface area contributed by atoms with E-state index < -0.39 is 0 Å². The molecule has 4 nitrogen and oxygen atoms in total. The van der Waals surface area contributed by atoms with Gasteiger partial charge in [-0.1, -0.05) is 0 Å². The third-order valence-corrected chi connectivity index (χ3v) is 3.36. The van der Waals surface area contributed by atoms with Gasteiger partial charge in [0.15, 0.2) is 0 Å². The van der Waals surface area contributed by atoms with E-state index in [1.54, 1.807) is 11.3 Å². The predicted molar refractivity (Wildman–Crippen MR) is 72.3 cm³/mol. The third kappa shape index (κ3) is 2.94. The molecule has 0 aromatic carbocycles. The number of thiophene rings is 1. The van der Waals surface area contributed by atoms with Gasteiger partial charge in [-0.05, 0) is 42.7 Å². The lowest BCUT2D eigenvalue weighted by Gasteiger charge is -2.15. The Kier molecular flexibility index (Phi) is 3.58. The number of hydrogen-bond acceptors (Lipinski definition) is 5. The zero-order valence-corrected chi connectivity index (χ0v) is 10.8. The highest BCUT2D eigenvalue weighted by Gasteiger charge is 2.08. The Morgan fingerprint density at radius 2 is 2.29 bits per heavy atom. The SMILES string of the molecule is Cc1c(N)ncnc1NC(C)Cc1ccsc1. The highest BCUT2D eigenvalue weighted by Crippen LogP contribution is 2.17. The van der Waals surface area contributed by atoms with Gasteiger partial charge in [-0.3, -0.25) is 0 Å². The second-order valence-corrected chi connectivity index (χ2v) is 4.89. The minimum atomic E-state index is 0.317. The van der Waals surface area contributed by atoms with Crippen molar-refractivity contribution in [2.75, 3.05) is 11.1 Å². The number of rotatable bonds is 4. The molecule has 0 saturated heterocycles. The van der Waals surface area contributed by atoms with Gasteiger partial charge in [0.05, 0.1) is 0 Å². The van der Waals surface area contributed by atoms with Crippen molar-refractivity contribution in [3.8, 4) is 0 Å². The van der Waals surface area contributed by atoms with Gasteiger partial charge in [0, 0.05) is 11.6 Å². The molecule has 0 spiro atoms. The molecule has 0 amide bonds. The minimum Gasteiger partial charge on any atom is -0.383 e. The summed E-state index contributed by atoms with van der Waals surface area (Å²) in [7, 11) is 0. The zero-order valence-electron chi connectivity index (χ0n) is 9.97. The molecule has 5 heteroatoms. The topological polar surface area (TPSA) is 63.8 Å². The predicted octanol–water partition coefficient (Wildman–Crippen LogP) is 2.47. The Bertz CT molecular complexity index is 481. The van der Waals surface area contributed by atoms with Gasteiger partial charge in [0.2, 0.25) is 0 Å². The molecule has 90 valence electrons. The van der Waals surface area contributed by atoms with Gasteiger partial charge < -0.3 is 11.1 Å². The fraction of sp³-hybridized carbons (Fsp3) is 0.333.